The summed E-state index contributed by atoms with van der Waals surface area (Å²) in [5.74, 6) is -7.22. The summed E-state index contributed by atoms with van der Waals surface area (Å²) < 4.78 is 39.3. The SMILES string of the molecule is C=CC1=C(C(=O)O)N2C(=O)[C@@H](NC(=O)/C(=N\OCC(=O)O)c3csc(N)n3)[C@H]2SC1.CC(C)n1c(/C=C/[C@@H](O)C[C@@H](O)CC(=O)O)c(-c2ccc(F)cc2)c2ccccc21.CC[C@]1(O)C[C@H]2CN(CCc3c([nH]c4ccccc34)[C@@](C(=O)OC)(c3cc4c(cc3OC)N(C=O)[C@H]3[C@@](O)(C(=O)OC)[C@H](OC(C)=O)[C@]5(CC)C=CCN6CC[C@]43[C@@H]65)C2)C1. The number of carboxylic acids is 3. The molecule has 120 heavy (non-hydrogen) atoms. The Balaban J connectivity index is 0.000000174. The molecule has 1 spiro atoms. The summed E-state index contributed by atoms with van der Waals surface area (Å²) in [6.45, 7) is 15.1. The van der Waals surface area contributed by atoms with Gasteiger partial charge in [0, 0.05) is 124 Å². The standard InChI is InChI=1S/C46H56N4O10.C24H26FNO4.C16H15N5O7S2/c1-7-42(55)22-28-23-45(40(53)58-5,36-30(14-18-48(24-28)25-42)29-12-9-10-13-33(29)47-36)32-20-31-34(21-35(32)57-4)50(26-51)38-44(31)16-19-49-17-11-15-43(8-2,37(44)49)39(60-27(3)52)46(38,56)41(54)59-6;1-15(2)26-21-6-4-3-5-20(21)24(16-7-9-17(25)10-8-16)22(26)12-11-18(27)13-19(28)14-23(29)30;1-2-6-4-29-14-10(13(25)21(14)11(6)15(26)27)19-12(24)9(20-28-3-8(22)23)7-5-30-16(17)18-7/h9-13,15,20-21,26,28,37-39,47,55-56H,7-8,14,16-19,22-25H2,1-6H3;3-12,15,18-19,27-28H,13-14H2,1-2H3,(H,29,30);2,5,10,14H,1,3-4H2,(H2,17,18)(H,19,24)(H,22,23)(H,26,27)/b;12-11+;20-9-/t28-,37+,38-,39-,42+,43-,44-,45+,46+;18-,19-;10-,14-/m111/s1. The Labute approximate surface area is 697 Å². The number of nitrogens with one attached hydrogen (secondary N) is 2. The fraction of sp³-hybridized carbons (Fsp3) is 0.430. The molecule has 1 saturated carbocycles. The molecule has 34 heteroatoms. The second-order valence-corrected chi connectivity index (χ2v) is 33.7. The molecule has 10 heterocycles. The average molecular weight is 1690 g/mol. The number of allylic oxidation sites excluding steroid dienone is 1. The zero-order valence-electron chi connectivity index (χ0n) is 67.4. The Morgan fingerprint density at radius 3 is 2.25 bits per heavy atom. The third-order valence-electron chi connectivity index (χ3n) is 24.6. The molecular weight excluding hydrogens is 1590 g/mol. The van der Waals surface area contributed by atoms with E-state index in [4.69, 9.17) is 34.9 Å². The number of carbonyl (C=O) groups is 9. The number of piperidine rings is 1. The maximum Gasteiger partial charge on any atom is 0.352 e. The lowest BCUT2D eigenvalue weighted by atomic mass is 9.47. The van der Waals surface area contributed by atoms with Crippen molar-refractivity contribution >= 4 is 122 Å². The van der Waals surface area contributed by atoms with Crippen LogP contribution in [0.5, 0.6) is 5.75 Å². The highest BCUT2D eigenvalue weighted by molar-refractivity contribution is 8.00. The van der Waals surface area contributed by atoms with Crippen molar-refractivity contribution in [3.05, 3.63) is 172 Å². The number of β-lactam (4-membered cyclic amide) rings is 1. The number of thioether (sulfide) groups is 1. The first-order chi connectivity index (χ1) is 57.3. The predicted octanol–water partition coefficient (Wildman–Crippen LogP) is 7.60. The molecule has 3 aromatic heterocycles. The summed E-state index contributed by atoms with van der Waals surface area (Å²) in [7, 11) is 4.09. The lowest BCUT2D eigenvalue weighted by Gasteiger charge is -2.63. The van der Waals surface area contributed by atoms with Crippen molar-refractivity contribution in [1.82, 2.24) is 34.6 Å². The number of benzene rings is 4. The Bertz CT molecular complexity index is 5350. The van der Waals surface area contributed by atoms with Crippen LogP contribution in [0, 0.1) is 17.2 Å². The lowest BCUT2D eigenvalue weighted by Crippen LogP contribution is -2.81. The first-order valence-corrected chi connectivity index (χ1v) is 41.3. The van der Waals surface area contributed by atoms with Crippen molar-refractivity contribution in [2.75, 3.05) is 77.0 Å². The van der Waals surface area contributed by atoms with Gasteiger partial charge in [0.1, 0.15) is 39.8 Å². The largest absolute Gasteiger partial charge is 0.496 e. The Hall–Kier alpha value is -11.1. The minimum atomic E-state index is -2.53. The molecule has 4 fully saturated rings. The number of aromatic amines is 1. The van der Waals surface area contributed by atoms with Crippen LogP contribution in [0.2, 0.25) is 0 Å². The molecule has 7 aliphatic heterocycles. The molecule has 14 atom stereocenters. The van der Waals surface area contributed by atoms with Gasteiger partial charge in [-0.05, 0) is 124 Å². The summed E-state index contributed by atoms with van der Waals surface area (Å²) in [6.07, 6.45) is 7.94. The van der Waals surface area contributed by atoms with E-state index in [1.54, 1.807) is 30.4 Å². The summed E-state index contributed by atoms with van der Waals surface area (Å²) in [4.78, 5) is 134. The van der Waals surface area contributed by atoms with Gasteiger partial charge in [-0.25, -0.2) is 23.8 Å². The number of carbonyl (C=O) groups excluding carboxylic acids is 6. The number of oxime groups is 1. The highest BCUT2D eigenvalue weighted by atomic mass is 32.2. The van der Waals surface area contributed by atoms with E-state index in [-0.39, 0.29) is 52.9 Å². The highest BCUT2D eigenvalue weighted by Gasteiger charge is 2.81. The van der Waals surface area contributed by atoms with Crippen LogP contribution in [0.25, 0.3) is 39.0 Å². The molecule has 2 bridgehead atoms. The van der Waals surface area contributed by atoms with Crippen molar-refractivity contribution in [3.8, 4) is 16.9 Å². The summed E-state index contributed by atoms with van der Waals surface area (Å²) >= 11 is 2.30. The number of halogens is 1. The molecule has 7 aromatic rings. The number of H-pyrrole nitrogens is 1. The van der Waals surface area contributed by atoms with Crippen LogP contribution >= 0.6 is 23.1 Å². The Morgan fingerprint density at radius 2 is 1.62 bits per heavy atom. The van der Waals surface area contributed by atoms with E-state index < -0.39 is 130 Å². The Kier molecular flexibility index (Phi) is 25.0. The number of nitrogens with two attached hydrogens (primary N) is 1. The van der Waals surface area contributed by atoms with Gasteiger partial charge in [-0.2, -0.15) is 0 Å². The smallest absolute Gasteiger partial charge is 0.352 e. The topological polar surface area (TPSA) is 438 Å². The molecule has 636 valence electrons. The first-order valence-electron chi connectivity index (χ1n) is 39.4. The highest BCUT2D eigenvalue weighted by Crippen LogP contribution is 2.69. The van der Waals surface area contributed by atoms with Crippen molar-refractivity contribution in [2.45, 2.75) is 156 Å². The number of aliphatic carboxylic acids is 3. The summed E-state index contributed by atoms with van der Waals surface area (Å²) in [6, 6.07) is 23.3. The molecule has 8 aliphatic rings. The van der Waals surface area contributed by atoms with Crippen molar-refractivity contribution < 1.29 is 107 Å². The number of fused-ring (bicyclic) bond motifs is 8. The second-order valence-electron chi connectivity index (χ2n) is 31.7. The fourth-order valence-electron chi connectivity index (χ4n) is 19.9. The zero-order chi connectivity index (χ0) is 86.4. The van der Waals surface area contributed by atoms with Crippen LogP contribution < -0.4 is 20.7 Å². The van der Waals surface area contributed by atoms with Gasteiger partial charge in [0.05, 0.1) is 57.3 Å². The van der Waals surface area contributed by atoms with Crippen LogP contribution in [-0.4, -0.2) is 244 Å². The quantitative estimate of drug-likeness (QED) is 0.00529. The molecule has 11 N–H and O–H groups in total. The van der Waals surface area contributed by atoms with Crippen LogP contribution in [0.15, 0.2) is 138 Å². The van der Waals surface area contributed by atoms with Gasteiger partial charge >= 0.3 is 35.8 Å². The van der Waals surface area contributed by atoms with Gasteiger partial charge in [-0.15, -0.1) is 23.1 Å². The molecule has 15 rings (SSSR count). The van der Waals surface area contributed by atoms with Gasteiger partial charge in [-0.1, -0.05) is 98.4 Å². The number of aliphatic hydroxyl groups is 4. The van der Waals surface area contributed by atoms with Crippen LogP contribution in [0.4, 0.5) is 15.2 Å². The van der Waals surface area contributed by atoms with Gasteiger partial charge in [0.25, 0.3) is 11.8 Å². The number of aliphatic hydroxyl groups excluding tert-OH is 2. The molecular formula is C86H97FN10O21S2. The van der Waals surface area contributed by atoms with E-state index in [0.29, 0.717) is 111 Å². The van der Waals surface area contributed by atoms with E-state index in [1.165, 1.54) is 68.5 Å². The van der Waals surface area contributed by atoms with E-state index in [2.05, 4.69) is 66.1 Å². The number of nitrogens with zero attached hydrogens (tertiary/aromatic N) is 7. The number of rotatable bonds is 24. The number of esters is 3. The van der Waals surface area contributed by atoms with Crippen molar-refractivity contribution in [1.29, 1.82) is 0 Å². The van der Waals surface area contributed by atoms with E-state index in [0.717, 1.165) is 60.4 Å². The van der Waals surface area contributed by atoms with Gasteiger partial charge in [0.2, 0.25) is 18.6 Å². The van der Waals surface area contributed by atoms with Crippen molar-refractivity contribution in [3.63, 3.8) is 0 Å². The van der Waals surface area contributed by atoms with Crippen LogP contribution in [0.3, 0.4) is 0 Å². The number of amides is 3. The number of nitrogen functional groups attached to an aromatic ring is 1. The fourth-order valence-corrected chi connectivity index (χ4v) is 21.8. The maximum atomic E-state index is 15.3. The number of ether oxygens (including phenoxy) is 4. The summed E-state index contributed by atoms with van der Waals surface area (Å²) in [5.41, 5.74) is 5.98. The van der Waals surface area contributed by atoms with E-state index in [1.807, 2.05) is 74.5 Å². The number of hydrogen-bond donors (Lipinski definition) is 10. The third-order valence-corrected chi connectivity index (χ3v) is 26.5. The predicted molar refractivity (Wildman–Crippen MR) is 443 cm³/mol. The monoisotopic (exact) mass is 1690 g/mol. The molecule has 31 nitrogen and oxygen atoms in total. The van der Waals surface area contributed by atoms with Gasteiger partial charge in [-0.3, -0.25) is 43.5 Å². The minimum absolute atomic E-state index is 0.0420. The van der Waals surface area contributed by atoms with E-state index >= 15 is 4.79 Å². The number of anilines is 2. The number of thiazole rings is 1. The molecule has 1 unspecified atom stereocenters. The normalized spacial score (nSPS) is 26.9. The lowest BCUT2D eigenvalue weighted by molar-refractivity contribution is -0.228. The molecule has 4 aromatic carbocycles. The number of hydrogen-bond acceptors (Lipinski definition) is 25. The van der Waals surface area contributed by atoms with Crippen LogP contribution in [0.1, 0.15) is 119 Å². The maximum absolute atomic E-state index is 15.3. The number of para-hydroxylation sites is 2. The van der Waals surface area contributed by atoms with Crippen molar-refractivity contribution in [2.24, 2.45) is 16.5 Å². The average Bonchev–Trinajstić information content (AvgIpc) is 1.48. The third kappa shape index (κ3) is 15.2. The van der Waals surface area contributed by atoms with Gasteiger partial charge in [0.15, 0.2) is 16.9 Å². The summed E-state index contributed by atoms with van der Waals surface area (Å²) in [5, 5.41) is 81.2. The first kappa shape index (κ1) is 86.7. The Morgan fingerprint density at radius 1 is 0.900 bits per heavy atom. The zero-order valence-corrected chi connectivity index (χ0v) is 69.0. The number of carboxylic acid groups (broad SMARTS) is 3. The van der Waals surface area contributed by atoms with E-state index in [9.17, 15) is 68.3 Å². The number of aromatic nitrogens is 3. The van der Waals surface area contributed by atoms with Gasteiger partial charge < -0.3 is 85.0 Å². The number of methoxy groups -OCH3 is 3. The molecule has 0 radical (unpaired) electrons. The molecule has 3 saturated heterocycles. The van der Waals surface area contributed by atoms with Crippen LogP contribution in [-0.2, 0) is 79.4 Å². The minimum Gasteiger partial charge on any atom is -0.496 e. The molecule has 1 aliphatic carbocycles. The second kappa shape index (κ2) is 34.5. The molecule has 3 amide bonds.